The summed E-state index contributed by atoms with van der Waals surface area (Å²) in [5, 5.41) is -0.0681. The lowest BCUT2D eigenvalue weighted by molar-refractivity contribution is 0.137. The first-order valence-corrected chi connectivity index (χ1v) is 7.08. The minimum Gasteiger partial charge on any atom is -0.320 e. The molecule has 0 saturated heterocycles. The topological polar surface area (TPSA) is 30.7 Å². The Bertz CT molecular complexity index is 564. The molecule has 1 aliphatic rings. The fourth-order valence-electron chi connectivity index (χ4n) is 3.04. The van der Waals surface area contributed by atoms with Gasteiger partial charge in [-0.05, 0) is 38.7 Å². The van der Waals surface area contributed by atoms with E-state index in [0.717, 1.165) is 17.8 Å². The van der Waals surface area contributed by atoms with Crippen molar-refractivity contribution in [2.24, 2.45) is 0 Å². The third kappa shape index (κ3) is 1.57. The fraction of sp³-hybridized carbons (Fsp3) is 0.571. The number of hydrogen-bond acceptors (Lipinski definition) is 2. The molecule has 18 heavy (non-hydrogen) atoms. The standard InChI is InChI=1S/C14H18ClN3/c1-3-14(6-4-7-14)18-12-5-8-16-9-11(12)17-13(18)10(2)15/h5,8-10H,3-4,6-7H2,1-2H3. The van der Waals surface area contributed by atoms with Gasteiger partial charge in [-0.25, -0.2) is 4.98 Å². The largest absolute Gasteiger partial charge is 0.320 e. The number of alkyl halides is 1. The lowest BCUT2D eigenvalue weighted by Crippen LogP contribution is -2.41. The van der Waals surface area contributed by atoms with Crippen LogP contribution in [0.1, 0.15) is 50.7 Å². The van der Waals surface area contributed by atoms with Crippen LogP contribution in [-0.4, -0.2) is 14.5 Å². The first kappa shape index (κ1) is 12.0. The quantitative estimate of drug-likeness (QED) is 0.783. The fourth-order valence-corrected chi connectivity index (χ4v) is 3.18. The molecule has 1 aliphatic carbocycles. The summed E-state index contributed by atoms with van der Waals surface area (Å²) >= 11 is 6.32. The van der Waals surface area contributed by atoms with E-state index in [4.69, 9.17) is 11.6 Å². The molecule has 4 heteroatoms. The van der Waals surface area contributed by atoms with Gasteiger partial charge < -0.3 is 4.57 Å². The number of pyridine rings is 1. The average Bonchev–Trinajstić information content (AvgIpc) is 2.69. The van der Waals surface area contributed by atoms with Crippen LogP contribution in [-0.2, 0) is 5.54 Å². The monoisotopic (exact) mass is 263 g/mol. The van der Waals surface area contributed by atoms with Crippen molar-refractivity contribution in [1.82, 2.24) is 14.5 Å². The van der Waals surface area contributed by atoms with Crippen molar-refractivity contribution in [3.8, 4) is 0 Å². The maximum Gasteiger partial charge on any atom is 0.128 e. The number of aromatic nitrogens is 3. The average molecular weight is 264 g/mol. The molecule has 96 valence electrons. The van der Waals surface area contributed by atoms with Crippen LogP contribution < -0.4 is 0 Å². The molecule has 3 rings (SSSR count). The molecular formula is C14H18ClN3. The molecule has 3 nitrogen and oxygen atoms in total. The van der Waals surface area contributed by atoms with Gasteiger partial charge in [-0.2, -0.15) is 0 Å². The van der Waals surface area contributed by atoms with Gasteiger partial charge in [0.2, 0.25) is 0 Å². The van der Waals surface area contributed by atoms with E-state index < -0.39 is 0 Å². The third-order valence-electron chi connectivity index (χ3n) is 4.26. The van der Waals surface area contributed by atoms with E-state index in [1.54, 1.807) is 0 Å². The second kappa shape index (κ2) is 4.23. The van der Waals surface area contributed by atoms with Crippen LogP contribution in [0.5, 0.6) is 0 Å². The van der Waals surface area contributed by atoms with Crippen LogP contribution in [0.3, 0.4) is 0 Å². The molecule has 0 radical (unpaired) electrons. The highest BCUT2D eigenvalue weighted by Crippen LogP contribution is 2.45. The van der Waals surface area contributed by atoms with Gasteiger partial charge in [-0.3, -0.25) is 4.98 Å². The lowest BCUT2D eigenvalue weighted by Gasteiger charge is -2.44. The van der Waals surface area contributed by atoms with Crippen LogP contribution in [0, 0.1) is 0 Å². The summed E-state index contributed by atoms with van der Waals surface area (Å²) in [4.78, 5) is 8.84. The summed E-state index contributed by atoms with van der Waals surface area (Å²) in [5.74, 6) is 0.987. The molecule has 1 saturated carbocycles. The summed E-state index contributed by atoms with van der Waals surface area (Å²) in [7, 11) is 0. The summed E-state index contributed by atoms with van der Waals surface area (Å²) in [6.45, 7) is 4.25. The molecule has 2 heterocycles. The van der Waals surface area contributed by atoms with Gasteiger partial charge in [-0.15, -0.1) is 11.6 Å². The summed E-state index contributed by atoms with van der Waals surface area (Å²) in [5.41, 5.74) is 2.36. The van der Waals surface area contributed by atoms with Crippen LogP contribution in [0.4, 0.5) is 0 Å². The maximum absolute atomic E-state index is 6.32. The normalized spacial score (nSPS) is 19.7. The number of fused-ring (bicyclic) bond motifs is 1. The molecular weight excluding hydrogens is 246 g/mol. The minimum absolute atomic E-state index is 0.0681. The van der Waals surface area contributed by atoms with Crippen molar-refractivity contribution in [2.75, 3.05) is 0 Å². The van der Waals surface area contributed by atoms with Gasteiger partial charge in [0.15, 0.2) is 0 Å². The van der Waals surface area contributed by atoms with Crippen molar-refractivity contribution < 1.29 is 0 Å². The second-order valence-corrected chi connectivity index (χ2v) is 5.87. The Morgan fingerprint density at radius 2 is 2.28 bits per heavy atom. The van der Waals surface area contributed by atoms with Crippen LogP contribution in [0.15, 0.2) is 18.5 Å². The van der Waals surface area contributed by atoms with Crippen molar-refractivity contribution in [3.05, 3.63) is 24.3 Å². The molecule has 0 aliphatic heterocycles. The van der Waals surface area contributed by atoms with Crippen molar-refractivity contribution >= 4 is 22.6 Å². The van der Waals surface area contributed by atoms with Gasteiger partial charge >= 0.3 is 0 Å². The van der Waals surface area contributed by atoms with Gasteiger partial charge in [0.1, 0.15) is 11.3 Å². The van der Waals surface area contributed by atoms with E-state index >= 15 is 0 Å². The molecule has 0 amide bonds. The molecule has 2 aromatic heterocycles. The summed E-state index contributed by atoms with van der Waals surface area (Å²) in [6, 6.07) is 2.06. The second-order valence-electron chi connectivity index (χ2n) is 5.22. The first-order chi connectivity index (χ1) is 8.68. The maximum atomic E-state index is 6.32. The number of nitrogens with zero attached hydrogens (tertiary/aromatic N) is 3. The Morgan fingerprint density at radius 3 is 2.83 bits per heavy atom. The van der Waals surface area contributed by atoms with Gasteiger partial charge in [0, 0.05) is 11.7 Å². The third-order valence-corrected chi connectivity index (χ3v) is 4.45. The zero-order valence-electron chi connectivity index (χ0n) is 10.9. The number of hydrogen-bond donors (Lipinski definition) is 0. The Hall–Kier alpha value is -1.09. The van der Waals surface area contributed by atoms with Crippen molar-refractivity contribution in [2.45, 2.75) is 50.4 Å². The van der Waals surface area contributed by atoms with E-state index in [9.17, 15) is 0 Å². The highest BCUT2D eigenvalue weighted by Gasteiger charge is 2.40. The Balaban J connectivity index is 2.27. The van der Waals surface area contributed by atoms with Gasteiger partial charge in [-0.1, -0.05) is 6.92 Å². The molecule has 0 aromatic carbocycles. The zero-order valence-corrected chi connectivity index (χ0v) is 11.6. The van der Waals surface area contributed by atoms with E-state index in [1.165, 1.54) is 24.8 Å². The molecule has 0 N–H and O–H groups in total. The SMILES string of the molecule is CCC1(n2c(C(C)Cl)nc3cnccc32)CCC1. The van der Waals surface area contributed by atoms with E-state index in [-0.39, 0.29) is 10.9 Å². The number of halogens is 1. The van der Waals surface area contributed by atoms with Gasteiger partial charge in [0.25, 0.3) is 0 Å². The molecule has 2 aromatic rings. The molecule has 1 fully saturated rings. The minimum atomic E-state index is -0.0681. The van der Waals surface area contributed by atoms with E-state index in [1.807, 2.05) is 19.3 Å². The highest BCUT2D eigenvalue weighted by molar-refractivity contribution is 6.20. The Morgan fingerprint density at radius 1 is 1.50 bits per heavy atom. The molecule has 0 spiro atoms. The highest BCUT2D eigenvalue weighted by atomic mass is 35.5. The first-order valence-electron chi connectivity index (χ1n) is 6.65. The number of rotatable bonds is 3. The van der Waals surface area contributed by atoms with E-state index in [0.29, 0.717) is 0 Å². The zero-order chi connectivity index (χ0) is 12.8. The van der Waals surface area contributed by atoms with Crippen LogP contribution in [0.2, 0.25) is 0 Å². The Kier molecular flexibility index (Phi) is 2.81. The van der Waals surface area contributed by atoms with Crippen molar-refractivity contribution in [1.29, 1.82) is 0 Å². The predicted octanol–water partition coefficient (Wildman–Crippen LogP) is 4.02. The van der Waals surface area contributed by atoms with E-state index in [2.05, 4.69) is 27.5 Å². The molecule has 1 unspecified atom stereocenters. The number of imidazole rings is 1. The lowest BCUT2D eigenvalue weighted by atomic mass is 9.74. The Labute approximate surface area is 112 Å². The van der Waals surface area contributed by atoms with Crippen LogP contribution in [0.25, 0.3) is 11.0 Å². The van der Waals surface area contributed by atoms with Crippen molar-refractivity contribution in [3.63, 3.8) is 0 Å². The summed E-state index contributed by atoms with van der Waals surface area (Å²) in [6.07, 6.45) is 8.57. The predicted molar refractivity (Wildman–Crippen MR) is 73.9 cm³/mol. The molecule has 1 atom stereocenters. The molecule has 0 bridgehead atoms. The van der Waals surface area contributed by atoms with Crippen LogP contribution >= 0.6 is 11.6 Å². The smallest absolute Gasteiger partial charge is 0.128 e. The van der Waals surface area contributed by atoms with Gasteiger partial charge in [0.05, 0.1) is 17.1 Å². The summed E-state index contributed by atoms with van der Waals surface area (Å²) < 4.78 is 2.38.